The molecule has 1 unspecified atom stereocenters. The molecule has 0 aromatic heterocycles. The summed E-state index contributed by atoms with van der Waals surface area (Å²) in [6.07, 6.45) is 6.86. The Balaban J connectivity index is 2.52. The standard InChI is InChI=1S/C14H30OS2Si/c1-5-6-8-13(15)9-10-14(18(2,3)4)16-11-7-12-17-14/h13,15H,5-12H2,1-4H3. The normalized spacial score (nSPS) is 21.8. The minimum absolute atomic E-state index is 0.0682. The van der Waals surface area contributed by atoms with Crippen molar-refractivity contribution in [1.29, 1.82) is 0 Å². The highest BCUT2D eigenvalue weighted by molar-refractivity contribution is 8.21. The molecular weight excluding hydrogens is 276 g/mol. The molecule has 1 saturated heterocycles. The number of aliphatic hydroxyl groups excluding tert-OH is 1. The molecule has 1 rings (SSSR count). The maximum atomic E-state index is 10.1. The lowest BCUT2D eigenvalue weighted by atomic mass is 10.1. The molecule has 18 heavy (non-hydrogen) atoms. The SMILES string of the molecule is CCCCC(O)CCC1([Si](C)(C)C)SCCCS1. The maximum Gasteiger partial charge on any atom is 0.0752 e. The minimum Gasteiger partial charge on any atom is -0.393 e. The molecule has 108 valence electrons. The molecule has 0 amide bonds. The van der Waals surface area contributed by atoms with E-state index in [0.29, 0.717) is 3.70 Å². The van der Waals surface area contributed by atoms with Gasteiger partial charge in [0.05, 0.1) is 17.9 Å². The van der Waals surface area contributed by atoms with E-state index in [0.717, 1.165) is 12.8 Å². The molecule has 0 aromatic carbocycles. The molecule has 0 radical (unpaired) electrons. The summed E-state index contributed by atoms with van der Waals surface area (Å²) >= 11 is 4.39. The first kappa shape index (κ1) is 16.9. The summed E-state index contributed by atoms with van der Waals surface area (Å²) in [4.78, 5) is 0. The Morgan fingerprint density at radius 3 is 2.28 bits per heavy atom. The minimum atomic E-state index is -1.19. The fraction of sp³-hybridized carbons (Fsp3) is 1.00. The molecule has 1 nitrogen and oxygen atoms in total. The zero-order chi connectivity index (χ0) is 13.6. The summed E-state index contributed by atoms with van der Waals surface area (Å²) in [6, 6.07) is 0. The van der Waals surface area contributed by atoms with Crippen LogP contribution in [-0.4, -0.2) is 34.5 Å². The van der Waals surface area contributed by atoms with Gasteiger partial charge in [0.25, 0.3) is 0 Å². The van der Waals surface area contributed by atoms with Crippen LogP contribution in [0, 0.1) is 0 Å². The molecule has 1 atom stereocenters. The van der Waals surface area contributed by atoms with Crippen molar-refractivity contribution in [2.45, 2.75) is 74.9 Å². The van der Waals surface area contributed by atoms with Crippen molar-refractivity contribution < 1.29 is 5.11 Å². The van der Waals surface area contributed by atoms with Crippen molar-refractivity contribution in [3.05, 3.63) is 0 Å². The summed E-state index contributed by atoms with van der Waals surface area (Å²) < 4.78 is 0.457. The van der Waals surface area contributed by atoms with Crippen molar-refractivity contribution >= 4 is 31.6 Å². The second kappa shape index (κ2) is 7.60. The molecule has 0 spiro atoms. The van der Waals surface area contributed by atoms with Crippen molar-refractivity contribution in [2.75, 3.05) is 11.5 Å². The van der Waals surface area contributed by atoms with E-state index in [1.54, 1.807) is 0 Å². The maximum absolute atomic E-state index is 10.1. The summed E-state index contributed by atoms with van der Waals surface area (Å²) in [5, 5.41) is 10.1. The molecule has 1 heterocycles. The van der Waals surface area contributed by atoms with Crippen LogP contribution < -0.4 is 0 Å². The monoisotopic (exact) mass is 306 g/mol. The molecule has 0 aliphatic carbocycles. The van der Waals surface area contributed by atoms with Gasteiger partial charge >= 0.3 is 0 Å². The van der Waals surface area contributed by atoms with Crippen molar-refractivity contribution in [2.24, 2.45) is 0 Å². The van der Waals surface area contributed by atoms with Gasteiger partial charge in [0.15, 0.2) is 0 Å². The quantitative estimate of drug-likeness (QED) is 0.685. The van der Waals surface area contributed by atoms with E-state index < -0.39 is 8.07 Å². The van der Waals surface area contributed by atoms with E-state index in [-0.39, 0.29) is 6.10 Å². The van der Waals surface area contributed by atoms with Crippen LogP contribution in [-0.2, 0) is 0 Å². The van der Waals surface area contributed by atoms with Crippen LogP contribution in [0.2, 0.25) is 19.6 Å². The third kappa shape index (κ3) is 4.77. The first-order chi connectivity index (χ1) is 8.41. The molecule has 1 aliphatic heterocycles. The Morgan fingerprint density at radius 2 is 1.78 bits per heavy atom. The number of hydrogen-bond acceptors (Lipinski definition) is 3. The number of rotatable bonds is 7. The van der Waals surface area contributed by atoms with Gasteiger partial charge in [-0.2, -0.15) is 0 Å². The lowest BCUT2D eigenvalue weighted by Gasteiger charge is -2.45. The van der Waals surface area contributed by atoms with E-state index >= 15 is 0 Å². The van der Waals surface area contributed by atoms with Gasteiger partial charge in [-0.3, -0.25) is 0 Å². The Bertz CT molecular complexity index is 234. The first-order valence-corrected chi connectivity index (χ1v) is 12.8. The Morgan fingerprint density at radius 1 is 1.17 bits per heavy atom. The van der Waals surface area contributed by atoms with Gasteiger partial charge in [-0.1, -0.05) is 39.4 Å². The predicted octanol–water partition coefficient (Wildman–Crippen LogP) is 4.76. The van der Waals surface area contributed by atoms with E-state index in [1.165, 1.54) is 37.2 Å². The molecule has 1 aliphatic rings. The van der Waals surface area contributed by atoms with E-state index in [4.69, 9.17) is 0 Å². The van der Waals surface area contributed by atoms with Crippen LogP contribution in [0.1, 0.15) is 45.4 Å². The van der Waals surface area contributed by atoms with Crippen LogP contribution in [0.15, 0.2) is 0 Å². The summed E-state index contributed by atoms with van der Waals surface area (Å²) in [5.41, 5.74) is 0. The van der Waals surface area contributed by atoms with Crippen LogP contribution in [0.3, 0.4) is 0 Å². The molecular formula is C14H30OS2Si. The molecule has 0 aromatic rings. The Kier molecular flexibility index (Phi) is 7.15. The summed E-state index contributed by atoms with van der Waals surface area (Å²) in [5.74, 6) is 2.64. The average Bonchev–Trinajstić information content (AvgIpc) is 2.33. The number of unbranched alkanes of at least 4 members (excludes halogenated alkanes) is 1. The molecule has 4 heteroatoms. The van der Waals surface area contributed by atoms with Crippen molar-refractivity contribution in [3.63, 3.8) is 0 Å². The topological polar surface area (TPSA) is 20.2 Å². The van der Waals surface area contributed by atoms with Gasteiger partial charge < -0.3 is 5.11 Å². The lowest BCUT2D eigenvalue weighted by molar-refractivity contribution is 0.149. The third-order valence-electron chi connectivity index (χ3n) is 3.80. The van der Waals surface area contributed by atoms with Crippen LogP contribution >= 0.6 is 23.5 Å². The predicted molar refractivity (Wildman–Crippen MR) is 90.4 cm³/mol. The number of hydrogen-bond donors (Lipinski definition) is 1. The second-order valence-corrected chi connectivity index (χ2v) is 15.5. The third-order valence-corrected chi connectivity index (χ3v) is 13.9. The summed E-state index contributed by atoms with van der Waals surface area (Å²) in [6.45, 7) is 9.69. The molecule has 1 fully saturated rings. The van der Waals surface area contributed by atoms with Crippen LogP contribution in [0.25, 0.3) is 0 Å². The largest absolute Gasteiger partial charge is 0.393 e. The number of aliphatic hydroxyl groups is 1. The molecule has 1 N–H and O–H groups in total. The fourth-order valence-electron chi connectivity index (χ4n) is 2.47. The van der Waals surface area contributed by atoms with E-state index in [2.05, 4.69) is 50.1 Å². The smallest absolute Gasteiger partial charge is 0.0752 e. The average molecular weight is 307 g/mol. The molecule has 0 bridgehead atoms. The molecule has 0 saturated carbocycles. The van der Waals surface area contributed by atoms with Gasteiger partial charge in [-0.25, -0.2) is 0 Å². The van der Waals surface area contributed by atoms with E-state index in [9.17, 15) is 5.11 Å². The Labute approximate surface area is 123 Å². The van der Waals surface area contributed by atoms with E-state index in [1.807, 2.05) is 0 Å². The highest BCUT2D eigenvalue weighted by atomic mass is 32.2. The highest BCUT2D eigenvalue weighted by Crippen LogP contribution is 2.51. The van der Waals surface area contributed by atoms with Gasteiger partial charge in [0.1, 0.15) is 0 Å². The van der Waals surface area contributed by atoms with Gasteiger partial charge in [0.2, 0.25) is 0 Å². The fourth-order valence-corrected chi connectivity index (χ4v) is 10.2. The zero-order valence-corrected chi connectivity index (χ0v) is 15.1. The van der Waals surface area contributed by atoms with Crippen molar-refractivity contribution in [1.82, 2.24) is 0 Å². The highest BCUT2D eigenvalue weighted by Gasteiger charge is 2.45. The lowest BCUT2D eigenvalue weighted by Crippen LogP contribution is -2.49. The zero-order valence-electron chi connectivity index (χ0n) is 12.5. The summed E-state index contributed by atoms with van der Waals surface area (Å²) in [7, 11) is -1.19. The Hall–Kier alpha value is 0.877. The first-order valence-electron chi connectivity index (χ1n) is 7.37. The second-order valence-electron chi connectivity index (χ2n) is 6.39. The van der Waals surface area contributed by atoms with Crippen molar-refractivity contribution in [3.8, 4) is 0 Å². The van der Waals surface area contributed by atoms with Crippen LogP contribution in [0.5, 0.6) is 0 Å². The van der Waals surface area contributed by atoms with Gasteiger partial charge in [0, 0.05) is 0 Å². The number of thioether (sulfide) groups is 2. The van der Waals surface area contributed by atoms with Gasteiger partial charge in [-0.15, -0.1) is 23.5 Å². The van der Waals surface area contributed by atoms with Crippen LogP contribution in [0.4, 0.5) is 0 Å². The van der Waals surface area contributed by atoms with Gasteiger partial charge in [-0.05, 0) is 37.2 Å².